The van der Waals surface area contributed by atoms with Crippen LogP contribution in [0.25, 0.3) is 0 Å². The summed E-state index contributed by atoms with van der Waals surface area (Å²) in [7, 11) is -0.849. The van der Waals surface area contributed by atoms with Crippen LogP contribution in [0.5, 0.6) is 0 Å². The van der Waals surface area contributed by atoms with Crippen molar-refractivity contribution in [1.29, 1.82) is 0 Å². The van der Waals surface area contributed by atoms with Gasteiger partial charge in [0.25, 0.3) is 0 Å². The summed E-state index contributed by atoms with van der Waals surface area (Å²) in [5, 5.41) is 0. The van der Waals surface area contributed by atoms with Crippen LogP contribution in [0.15, 0.2) is 29.2 Å². The van der Waals surface area contributed by atoms with Crippen LogP contribution in [0.3, 0.4) is 0 Å². The van der Waals surface area contributed by atoms with E-state index in [0.717, 1.165) is 31.2 Å². The molecule has 2 atom stereocenters. The Morgan fingerprint density at radius 1 is 1.03 bits per heavy atom. The number of hydrogen-bond donors (Lipinski definition) is 0. The average molecular weight is 456 g/mol. The molecule has 10 heteroatoms. The molecule has 1 heterocycles. The van der Waals surface area contributed by atoms with Gasteiger partial charge < -0.3 is 14.2 Å². The Labute approximate surface area is 182 Å². The number of esters is 3. The van der Waals surface area contributed by atoms with E-state index in [0.29, 0.717) is 0 Å². The molecule has 0 unspecified atom stereocenters. The highest BCUT2D eigenvalue weighted by molar-refractivity contribution is 7.89. The van der Waals surface area contributed by atoms with Gasteiger partial charge in [-0.15, -0.1) is 0 Å². The summed E-state index contributed by atoms with van der Waals surface area (Å²) in [5.74, 6) is -2.96. The molecule has 1 saturated heterocycles. The van der Waals surface area contributed by atoms with Crippen LogP contribution in [0.2, 0.25) is 0 Å². The highest BCUT2D eigenvalue weighted by atomic mass is 32.2. The van der Waals surface area contributed by atoms with Crippen molar-refractivity contribution in [2.24, 2.45) is 11.3 Å². The number of methoxy groups -OCH3 is 3. The van der Waals surface area contributed by atoms with Crippen molar-refractivity contribution >= 4 is 27.9 Å². The van der Waals surface area contributed by atoms with Crippen molar-refractivity contribution in [2.75, 3.05) is 21.3 Å². The fourth-order valence-electron chi connectivity index (χ4n) is 4.10. The van der Waals surface area contributed by atoms with E-state index in [1.165, 1.54) is 12.1 Å². The first-order valence-electron chi connectivity index (χ1n) is 9.81. The normalized spacial score (nSPS) is 21.0. The van der Waals surface area contributed by atoms with Crippen LogP contribution < -0.4 is 0 Å². The Morgan fingerprint density at radius 2 is 1.55 bits per heavy atom. The van der Waals surface area contributed by atoms with Gasteiger partial charge in [-0.05, 0) is 31.4 Å². The molecule has 0 spiro atoms. The van der Waals surface area contributed by atoms with E-state index < -0.39 is 51.9 Å². The van der Waals surface area contributed by atoms with E-state index in [1.54, 1.807) is 26.0 Å². The number of rotatable bonds is 7. The maximum Gasteiger partial charge on any atom is 0.324 e. The number of carbonyl (C=O) groups excluding carboxylic acids is 3. The zero-order valence-corrected chi connectivity index (χ0v) is 19.4. The molecule has 0 aromatic heterocycles. The lowest BCUT2D eigenvalue weighted by Crippen LogP contribution is -2.53. The van der Waals surface area contributed by atoms with Crippen molar-refractivity contribution in [3.63, 3.8) is 0 Å². The predicted octanol–water partition coefficient (Wildman–Crippen LogP) is 1.68. The van der Waals surface area contributed by atoms with Crippen LogP contribution in [0.1, 0.15) is 32.3 Å². The largest absolute Gasteiger partial charge is 0.469 e. The van der Waals surface area contributed by atoms with E-state index in [9.17, 15) is 22.8 Å². The lowest BCUT2D eigenvalue weighted by Gasteiger charge is -2.34. The summed E-state index contributed by atoms with van der Waals surface area (Å²) < 4.78 is 43.1. The summed E-state index contributed by atoms with van der Waals surface area (Å²) in [6.07, 6.45) is -0.703. The van der Waals surface area contributed by atoms with Gasteiger partial charge in [0.1, 0.15) is 0 Å². The monoisotopic (exact) mass is 455 g/mol. The first kappa shape index (κ1) is 24.8. The summed E-state index contributed by atoms with van der Waals surface area (Å²) in [6.45, 7) is 5.38. The lowest BCUT2D eigenvalue weighted by molar-refractivity contribution is -0.171. The van der Waals surface area contributed by atoms with Crippen molar-refractivity contribution in [1.82, 2.24) is 4.31 Å². The van der Waals surface area contributed by atoms with Crippen LogP contribution in [-0.2, 0) is 38.6 Å². The smallest absolute Gasteiger partial charge is 0.324 e. The predicted molar refractivity (Wildman–Crippen MR) is 110 cm³/mol. The zero-order valence-electron chi connectivity index (χ0n) is 18.6. The maximum absolute atomic E-state index is 13.7. The Kier molecular flexibility index (Phi) is 7.48. The van der Waals surface area contributed by atoms with Gasteiger partial charge in [-0.3, -0.25) is 14.4 Å². The Balaban J connectivity index is 2.80. The molecule has 1 fully saturated rings. The molecule has 9 nitrogen and oxygen atoms in total. The molecular weight excluding hydrogens is 426 g/mol. The molecule has 1 aliphatic rings. The molecule has 0 bridgehead atoms. The fraction of sp³-hybridized carbons (Fsp3) is 0.571. The third-order valence-electron chi connectivity index (χ3n) is 5.79. The Morgan fingerprint density at radius 3 is 1.97 bits per heavy atom. The van der Waals surface area contributed by atoms with Gasteiger partial charge in [-0.25, -0.2) is 8.42 Å². The summed E-state index contributed by atoms with van der Waals surface area (Å²) >= 11 is 0. The Bertz CT molecular complexity index is 923. The van der Waals surface area contributed by atoms with Gasteiger partial charge in [0.15, 0.2) is 5.41 Å². The molecular formula is C21H29NO8S. The van der Waals surface area contributed by atoms with Crippen molar-refractivity contribution in [3.05, 3.63) is 29.8 Å². The molecule has 0 N–H and O–H groups in total. The quantitative estimate of drug-likeness (QED) is 0.346. The minimum absolute atomic E-state index is 0.0100. The standard InChI is InChI=1S/C21H29NO8S/c1-13(2)16-12-21(19(24)29-5,20(25)30-6)17(11-18(23)28-4)22(16)31(26,27)15-9-7-14(3)8-10-15/h7-10,13,16-17H,11-12H2,1-6H3/t16-,17-/m1/s1. The second-order valence-corrected chi connectivity index (χ2v) is 9.76. The van der Waals surface area contributed by atoms with Crippen LogP contribution in [0.4, 0.5) is 0 Å². The number of aryl methyl sites for hydroxylation is 1. The molecule has 1 aliphatic heterocycles. The molecule has 1 aromatic carbocycles. The summed E-state index contributed by atoms with van der Waals surface area (Å²) in [4.78, 5) is 38.1. The number of nitrogens with zero attached hydrogens (tertiary/aromatic N) is 1. The molecule has 2 rings (SSSR count). The van der Waals surface area contributed by atoms with Gasteiger partial charge in [-0.1, -0.05) is 31.5 Å². The van der Waals surface area contributed by atoms with Gasteiger partial charge in [0.05, 0.1) is 38.7 Å². The number of ether oxygens (including phenoxy) is 3. The number of sulfonamides is 1. The highest BCUT2D eigenvalue weighted by Gasteiger charge is 2.66. The number of benzene rings is 1. The van der Waals surface area contributed by atoms with Gasteiger partial charge in [0, 0.05) is 6.04 Å². The van der Waals surface area contributed by atoms with Crippen LogP contribution in [-0.4, -0.2) is 64.0 Å². The second kappa shape index (κ2) is 9.35. The number of carbonyl (C=O) groups is 3. The topological polar surface area (TPSA) is 116 Å². The zero-order chi connectivity index (χ0) is 23.6. The van der Waals surface area contributed by atoms with E-state index in [4.69, 9.17) is 14.2 Å². The van der Waals surface area contributed by atoms with Gasteiger partial charge in [0.2, 0.25) is 10.0 Å². The van der Waals surface area contributed by atoms with E-state index in [1.807, 2.05) is 6.92 Å². The lowest BCUT2D eigenvalue weighted by atomic mass is 9.77. The molecule has 0 saturated carbocycles. The molecule has 0 aliphatic carbocycles. The SMILES string of the molecule is COC(=O)C[C@H]1N(S(=O)(=O)c2ccc(C)cc2)[C@@H](C(C)C)CC1(C(=O)OC)C(=O)OC. The first-order chi connectivity index (χ1) is 14.5. The fourth-order valence-corrected chi connectivity index (χ4v) is 6.09. The van der Waals surface area contributed by atoms with Crippen molar-refractivity contribution in [3.8, 4) is 0 Å². The van der Waals surface area contributed by atoms with E-state index >= 15 is 0 Å². The van der Waals surface area contributed by atoms with Crippen molar-refractivity contribution in [2.45, 2.75) is 50.6 Å². The van der Waals surface area contributed by atoms with Crippen LogP contribution in [0, 0.1) is 18.3 Å². The molecule has 31 heavy (non-hydrogen) atoms. The molecule has 0 radical (unpaired) electrons. The number of hydrogen-bond acceptors (Lipinski definition) is 8. The minimum atomic E-state index is -4.20. The van der Waals surface area contributed by atoms with Gasteiger partial charge >= 0.3 is 17.9 Å². The van der Waals surface area contributed by atoms with Crippen molar-refractivity contribution < 1.29 is 37.0 Å². The first-order valence-corrected chi connectivity index (χ1v) is 11.2. The van der Waals surface area contributed by atoms with Gasteiger partial charge in [-0.2, -0.15) is 4.31 Å². The minimum Gasteiger partial charge on any atom is -0.469 e. The molecule has 0 amide bonds. The average Bonchev–Trinajstić information content (AvgIpc) is 3.09. The highest BCUT2D eigenvalue weighted by Crippen LogP contribution is 2.49. The van der Waals surface area contributed by atoms with E-state index in [2.05, 4.69) is 0 Å². The van der Waals surface area contributed by atoms with Crippen LogP contribution >= 0.6 is 0 Å². The Hall–Kier alpha value is -2.46. The third kappa shape index (κ3) is 4.31. The summed E-state index contributed by atoms with van der Waals surface area (Å²) in [6, 6.07) is 4.06. The molecule has 172 valence electrons. The maximum atomic E-state index is 13.7. The second-order valence-electron chi connectivity index (χ2n) is 7.91. The molecule has 1 aromatic rings. The van der Waals surface area contributed by atoms with E-state index in [-0.39, 0.29) is 17.2 Å². The summed E-state index contributed by atoms with van der Waals surface area (Å²) in [5.41, 5.74) is -1.14. The third-order valence-corrected chi connectivity index (χ3v) is 7.74.